The van der Waals surface area contributed by atoms with E-state index < -0.39 is 16.1 Å². The van der Waals surface area contributed by atoms with E-state index in [1.807, 2.05) is 18.2 Å². The molecule has 9 nitrogen and oxygen atoms in total. The Kier molecular flexibility index (Phi) is 7.83. The molecule has 0 aromatic heterocycles. The molecule has 0 spiro atoms. The summed E-state index contributed by atoms with van der Waals surface area (Å²) in [5.41, 5.74) is 1.16. The fraction of sp³-hybridized carbons (Fsp3) is 0.348. The number of hydrogen-bond donors (Lipinski definition) is 3. The zero-order chi connectivity index (χ0) is 24.0. The number of amides is 3. The van der Waals surface area contributed by atoms with Crippen molar-refractivity contribution in [1.82, 2.24) is 9.62 Å². The largest absolute Gasteiger partial charge is 0.341 e. The number of para-hydroxylation sites is 1. The molecule has 2 atom stereocenters. The Morgan fingerprint density at radius 2 is 1.61 bits per heavy atom. The highest BCUT2D eigenvalue weighted by Gasteiger charge is 2.32. The van der Waals surface area contributed by atoms with Gasteiger partial charge in [-0.05, 0) is 56.2 Å². The first-order chi connectivity index (χ1) is 15.7. The van der Waals surface area contributed by atoms with Crippen molar-refractivity contribution in [3.63, 3.8) is 0 Å². The van der Waals surface area contributed by atoms with Crippen molar-refractivity contribution >= 4 is 39.1 Å². The van der Waals surface area contributed by atoms with Crippen LogP contribution in [0.2, 0.25) is 0 Å². The van der Waals surface area contributed by atoms with Gasteiger partial charge in [-0.25, -0.2) is 8.42 Å². The summed E-state index contributed by atoms with van der Waals surface area (Å²) in [5.74, 6) is -1.18. The zero-order valence-electron chi connectivity index (χ0n) is 18.6. The first-order valence-corrected chi connectivity index (χ1v) is 12.2. The Labute approximate surface area is 193 Å². The topological polar surface area (TPSA) is 125 Å². The summed E-state index contributed by atoms with van der Waals surface area (Å²) >= 11 is 0. The van der Waals surface area contributed by atoms with Crippen LogP contribution >= 0.6 is 0 Å². The molecule has 1 aliphatic heterocycles. The van der Waals surface area contributed by atoms with Crippen LogP contribution < -0.4 is 15.4 Å². The van der Waals surface area contributed by atoms with Gasteiger partial charge in [-0.1, -0.05) is 18.2 Å². The monoisotopic (exact) mass is 472 g/mol. The predicted molar refractivity (Wildman–Crippen MR) is 125 cm³/mol. The molecule has 0 aliphatic carbocycles. The number of piperidine rings is 1. The van der Waals surface area contributed by atoms with E-state index >= 15 is 0 Å². The van der Waals surface area contributed by atoms with E-state index in [9.17, 15) is 22.8 Å². The molecule has 0 saturated carbocycles. The second-order valence-corrected chi connectivity index (χ2v) is 9.74. The van der Waals surface area contributed by atoms with Crippen molar-refractivity contribution in [2.45, 2.75) is 37.6 Å². The molecular weight excluding hydrogens is 444 g/mol. The maximum atomic E-state index is 12.9. The van der Waals surface area contributed by atoms with Crippen molar-refractivity contribution in [2.24, 2.45) is 5.92 Å². The molecule has 1 fully saturated rings. The van der Waals surface area contributed by atoms with Crippen LogP contribution in [0.5, 0.6) is 0 Å². The molecule has 0 bridgehead atoms. The third-order valence-electron chi connectivity index (χ3n) is 5.33. The lowest BCUT2D eigenvalue weighted by Crippen LogP contribution is -2.51. The SMILES string of the molecule is CC(=O)Nc1ccc(S(=O)(=O)N[C@@H](C)C(=O)N2CCC[C@H](C(=O)Nc3ccccc3)C2)cc1. The predicted octanol–water partition coefficient (Wildman–Crippen LogP) is 2.19. The Morgan fingerprint density at radius 3 is 2.24 bits per heavy atom. The Morgan fingerprint density at radius 1 is 0.970 bits per heavy atom. The van der Waals surface area contributed by atoms with Gasteiger partial charge in [0.15, 0.2) is 0 Å². The molecule has 1 saturated heterocycles. The van der Waals surface area contributed by atoms with Gasteiger partial charge in [0.25, 0.3) is 0 Å². The lowest BCUT2D eigenvalue weighted by atomic mass is 9.96. The van der Waals surface area contributed by atoms with Gasteiger partial charge in [-0.2, -0.15) is 4.72 Å². The van der Waals surface area contributed by atoms with E-state index in [0.29, 0.717) is 30.8 Å². The number of nitrogens with zero attached hydrogens (tertiary/aromatic N) is 1. The average Bonchev–Trinajstić information content (AvgIpc) is 2.79. The summed E-state index contributed by atoms with van der Waals surface area (Å²) < 4.78 is 27.8. The molecule has 0 radical (unpaired) electrons. The minimum atomic E-state index is -3.95. The van der Waals surface area contributed by atoms with Crippen molar-refractivity contribution in [3.05, 3.63) is 54.6 Å². The highest BCUT2D eigenvalue weighted by atomic mass is 32.2. The molecule has 3 rings (SSSR count). The summed E-state index contributed by atoms with van der Waals surface area (Å²) in [7, 11) is -3.95. The highest BCUT2D eigenvalue weighted by molar-refractivity contribution is 7.89. The van der Waals surface area contributed by atoms with Crippen LogP contribution in [-0.4, -0.2) is 50.2 Å². The number of nitrogens with one attached hydrogen (secondary N) is 3. The molecule has 0 unspecified atom stereocenters. The number of carbonyl (C=O) groups is 3. The standard InChI is InChI=1S/C23H28N4O5S/c1-16(26-33(31,32)21-12-10-20(11-13-21)24-17(2)28)23(30)27-14-6-7-18(15-27)22(29)25-19-8-4-3-5-9-19/h3-5,8-13,16,18,26H,6-7,14-15H2,1-2H3,(H,24,28)(H,25,29)/t16-,18-/m0/s1. The number of sulfonamides is 1. The minimum Gasteiger partial charge on any atom is -0.341 e. The van der Waals surface area contributed by atoms with Crippen molar-refractivity contribution in [2.75, 3.05) is 23.7 Å². The van der Waals surface area contributed by atoms with Gasteiger partial charge in [0.05, 0.1) is 16.9 Å². The molecular formula is C23H28N4O5S. The number of carbonyl (C=O) groups excluding carboxylic acids is 3. The van der Waals surface area contributed by atoms with Crippen LogP contribution in [0.3, 0.4) is 0 Å². The molecule has 176 valence electrons. The minimum absolute atomic E-state index is 0.0185. The van der Waals surface area contributed by atoms with Crippen molar-refractivity contribution in [3.8, 4) is 0 Å². The third kappa shape index (κ3) is 6.62. The van der Waals surface area contributed by atoms with E-state index in [2.05, 4.69) is 15.4 Å². The molecule has 3 N–H and O–H groups in total. The fourth-order valence-corrected chi connectivity index (χ4v) is 4.90. The van der Waals surface area contributed by atoms with Gasteiger partial charge in [-0.3, -0.25) is 14.4 Å². The highest BCUT2D eigenvalue weighted by Crippen LogP contribution is 2.20. The quantitative estimate of drug-likeness (QED) is 0.570. The van der Waals surface area contributed by atoms with Gasteiger partial charge < -0.3 is 15.5 Å². The van der Waals surface area contributed by atoms with E-state index in [1.54, 1.807) is 12.1 Å². The second-order valence-electron chi connectivity index (χ2n) is 8.03. The molecule has 1 aliphatic rings. The van der Waals surface area contributed by atoms with E-state index in [0.717, 1.165) is 0 Å². The van der Waals surface area contributed by atoms with Gasteiger partial charge in [0, 0.05) is 31.4 Å². The van der Waals surface area contributed by atoms with E-state index in [1.165, 1.54) is 43.0 Å². The summed E-state index contributed by atoms with van der Waals surface area (Å²) in [5, 5.41) is 5.43. The molecule has 1 heterocycles. The lowest BCUT2D eigenvalue weighted by molar-refractivity contribution is -0.135. The first-order valence-electron chi connectivity index (χ1n) is 10.7. The number of benzene rings is 2. The van der Waals surface area contributed by atoms with Gasteiger partial charge in [0.2, 0.25) is 27.7 Å². The molecule has 33 heavy (non-hydrogen) atoms. The smallest absolute Gasteiger partial charge is 0.241 e. The summed E-state index contributed by atoms with van der Waals surface area (Å²) in [6.07, 6.45) is 1.31. The van der Waals surface area contributed by atoms with Gasteiger partial charge >= 0.3 is 0 Å². The molecule has 2 aromatic carbocycles. The van der Waals surface area contributed by atoms with Gasteiger partial charge in [-0.15, -0.1) is 0 Å². The average molecular weight is 473 g/mol. The summed E-state index contributed by atoms with van der Waals surface area (Å²) in [6, 6.07) is 13.8. The van der Waals surface area contributed by atoms with Crippen LogP contribution in [0.4, 0.5) is 11.4 Å². The summed E-state index contributed by atoms with van der Waals surface area (Å²) in [4.78, 5) is 38.2. The van der Waals surface area contributed by atoms with Crippen LogP contribution in [-0.2, 0) is 24.4 Å². The van der Waals surface area contributed by atoms with Crippen LogP contribution in [0.1, 0.15) is 26.7 Å². The van der Waals surface area contributed by atoms with E-state index in [-0.39, 0.29) is 35.1 Å². The third-order valence-corrected chi connectivity index (χ3v) is 6.89. The summed E-state index contributed by atoms with van der Waals surface area (Å²) in [6.45, 7) is 3.54. The van der Waals surface area contributed by atoms with Crippen LogP contribution in [0.25, 0.3) is 0 Å². The maximum Gasteiger partial charge on any atom is 0.241 e. The van der Waals surface area contributed by atoms with Crippen molar-refractivity contribution < 1.29 is 22.8 Å². The fourth-order valence-electron chi connectivity index (χ4n) is 3.70. The number of rotatable bonds is 7. The maximum absolute atomic E-state index is 12.9. The first kappa shape index (κ1) is 24.4. The number of anilines is 2. The van der Waals surface area contributed by atoms with Crippen LogP contribution in [0, 0.1) is 5.92 Å². The second kappa shape index (κ2) is 10.6. The molecule has 3 amide bonds. The molecule has 2 aromatic rings. The van der Waals surface area contributed by atoms with E-state index in [4.69, 9.17) is 0 Å². The van der Waals surface area contributed by atoms with Gasteiger partial charge in [0.1, 0.15) is 0 Å². The number of likely N-dealkylation sites (tertiary alicyclic amines) is 1. The Hall–Kier alpha value is -3.24. The normalized spacial score (nSPS) is 17.2. The Balaban J connectivity index is 1.60. The van der Waals surface area contributed by atoms with Crippen molar-refractivity contribution in [1.29, 1.82) is 0 Å². The van der Waals surface area contributed by atoms with Crippen LogP contribution in [0.15, 0.2) is 59.5 Å². The Bertz CT molecular complexity index is 1100. The lowest BCUT2D eigenvalue weighted by Gasteiger charge is -2.33. The molecule has 10 heteroatoms. The number of hydrogen-bond acceptors (Lipinski definition) is 5. The zero-order valence-corrected chi connectivity index (χ0v) is 19.4.